The number of ether oxygens (including phenoxy) is 1. The largest absolute Gasteiger partial charge is 0.485 e. The van der Waals surface area contributed by atoms with Crippen LogP contribution in [0.2, 0.25) is 0 Å². The molecule has 0 aliphatic rings. The van der Waals surface area contributed by atoms with E-state index in [1.54, 1.807) is 36.4 Å². The van der Waals surface area contributed by atoms with Crippen LogP contribution in [-0.4, -0.2) is 18.3 Å². The van der Waals surface area contributed by atoms with Gasteiger partial charge in [0, 0.05) is 5.56 Å². The molecular formula is C16H15NO3. The first-order valence-electron chi connectivity index (χ1n) is 6.19. The molecule has 0 bridgehead atoms. The molecule has 0 saturated carbocycles. The average molecular weight is 269 g/mol. The van der Waals surface area contributed by atoms with Crippen LogP contribution in [0.5, 0.6) is 5.75 Å². The number of carbonyl (C=O) groups excluding carboxylic acids is 2. The molecule has 1 amide bonds. The van der Waals surface area contributed by atoms with Crippen LogP contribution in [-0.2, 0) is 0 Å². The lowest BCUT2D eigenvalue weighted by molar-refractivity contribution is 0.0912. The lowest BCUT2D eigenvalue weighted by Crippen LogP contribution is -2.16. The molecule has 0 radical (unpaired) electrons. The second-order valence-electron chi connectivity index (χ2n) is 4.44. The fourth-order valence-electron chi connectivity index (χ4n) is 1.84. The molecule has 2 rings (SSSR count). The molecule has 4 heteroatoms. The molecule has 0 unspecified atom stereocenters. The van der Waals surface area contributed by atoms with Crippen molar-refractivity contribution in [3.05, 3.63) is 65.2 Å². The molecule has 2 aromatic carbocycles. The van der Waals surface area contributed by atoms with Crippen LogP contribution in [0.25, 0.3) is 0 Å². The standard InChI is InChI=1S/C16H15NO3/c1-11-5-4-6-12(9-11)14(18)10-20-15-8-3-2-7-13(15)16(17)19/h2-9H,10H2,1H3,(H2,17,19). The van der Waals surface area contributed by atoms with Crippen LogP contribution in [0.1, 0.15) is 26.3 Å². The van der Waals surface area contributed by atoms with Gasteiger partial charge in [0.15, 0.2) is 12.4 Å². The number of ketones is 1. The molecule has 0 aliphatic carbocycles. The monoisotopic (exact) mass is 269 g/mol. The number of rotatable bonds is 5. The topological polar surface area (TPSA) is 69.4 Å². The van der Waals surface area contributed by atoms with Gasteiger partial charge < -0.3 is 10.5 Å². The highest BCUT2D eigenvalue weighted by molar-refractivity contribution is 5.98. The highest BCUT2D eigenvalue weighted by Gasteiger charge is 2.11. The van der Waals surface area contributed by atoms with Crippen LogP contribution >= 0.6 is 0 Å². The van der Waals surface area contributed by atoms with E-state index in [0.29, 0.717) is 11.3 Å². The van der Waals surface area contributed by atoms with Crippen molar-refractivity contribution in [3.8, 4) is 5.75 Å². The number of Topliss-reactive ketones (excluding diaryl/α,β-unsaturated/α-hetero) is 1. The number of para-hydroxylation sites is 1. The number of nitrogens with two attached hydrogens (primary N) is 1. The summed E-state index contributed by atoms with van der Waals surface area (Å²) < 4.78 is 5.40. The number of hydrogen-bond donors (Lipinski definition) is 1. The summed E-state index contributed by atoms with van der Waals surface area (Å²) in [7, 11) is 0. The third-order valence-corrected chi connectivity index (χ3v) is 2.85. The lowest BCUT2D eigenvalue weighted by Gasteiger charge is -2.09. The zero-order valence-corrected chi connectivity index (χ0v) is 11.1. The molecule has 0 aromatic heterocycles. The van der Waals surface area contributed by atoms with Gasteiger partial charge in [-0.05, 0) is 25.1 Å². The summed E-state index contributed by atoms with van der Waals surface area (Å²) in [6.07, 6.45) is 0. The first kappa shape index (κ1) is 13.8. The van der Waals surface area contributed by atoms with Gasteiger partial charge in [-0.1, -0.05) is 35.9 Å². The van der Waals surface area contributed by atoms with Crippen LogP contribution in [0.3, 0.4) is 0 Å². The van der Waals surface area contributed by atoms with Gasteiger partial charge in [-0.15, -0.1) is 0 Å². The zero-order valence-electron chi connectivity index (χ0n) is 11.1. The second kappa shape index (κ2) is 6.02. The van der Waals surface area contributed by atoms with E-state index in [2.05, 4.69) is 0 Å². The molecule has 0 heterocycles. The minimum atomic E-state index is -0.580. The van der Waals surface area contributed by atoms with E-state index in [1.807, 2.05) is 19.1 Å². The van der Waals surface area contributed by atoms with Crippen molar-refractivity contribution >= 4 is 11.7 Å². The number of aryl methyl sites for hydroxylation is 1. The quantitative estimate of drug-likeness (QED) is 0.847. The van der Waals surface area contributed by atoms with Gasteiger partial charge in [-0.3, -0.25) is 9.59 Å². The van der Waals surface area contributed by atoms with Crippen molar-refractivity contribution < 1.29 is 14.3 Å². The Bertz CT molecular complexity index is 650. The number of primary amides is 1. The predicted molar refractivity (Wildman–Crippen MR) is 76.0 cm³/mol. The van der Waals surface area contributed by atoms with Gasteiger partial charge in [0.25, 0.3) is 5.91 Å². The Morgan fingerprint density at radius 2 is 1.85 bits per heavy atom. The van der Waals surface area contributed by atoms with Crippen molar-refractivity contribution in [2.45, 2.75) is 6.92 Å². The summed E-state index contributed by atoms with van der Waals surface area (Å²) >= 11 is 0. The first-order valence-corrected chi connectivity index (χ1v) is 6.19. The second-order valence-corrected chi connectivity index (χ2v) is 4.44. The number of amides is 1. The molecule has 102 valence electrons. The lowest BCUT2D eigenvalue weighted by atomic mass is 10.1. The highest BCUT2D eigenvalue weighted by Crippen LogP contribution is 2.17. The van der Waals surface area contributed by atoms with E-state index in [9.17, 15) is 9.59 Å². The van der Waals surface area contributed by atoms with Crippen molar-refractivity contribution in [1.82, 2.24) is 0 Å². The van der Waals surface area contributed by atoms with Gasteiger partial charge in [-0.25, -0.2) is 0 Å². The van der Waals surface area contributed by atoms with Crippen LogP contribution in [0.4, 0.5) is 0 Å². The summed E-state index contributed by atoms with van der Waals surface area (Å²) in [6, 6.07) is 13.9. The van der Waals surface area contributed by atoms with E-state index in [-0.39, 0.29) is 18.0 Å². The third-order valence-electron chi connectivity index (χ3n) is 2.85. The summed E-state index contributed by atoms with van der Waals surface area (Å²) in [5, 5.41) is 0. The summed E-state index contributed by atoms with van der Waals surface area (Å²) in [6.45, 7) is 1.79. The maximum Gasteiger partial charge on any atom is 0.252 e. The maximum absolute atomic E-state index is 12.0. The number of carbonyl (C=O) groups is 2. The van der Waals surface area contributed by atoms with Gasteiger partial charge in [0.2, 0.25) is 0 Å². The Labute approximate surface area is 117 Å². The summed E-state index contributed by atoms with van der Waals surface area (Å²) in [4.78, 5) is 23.2. The van der Waals surface area contributed by atoms with Gasteiger partial charge in [0.05, 0.1) is 5.56 Å². The van der Waals surface area contributed by atoms with Crippen LogP contribution < -0.4 is 10.5 Å². The number of benzene rings is 2. The molecule has 0 atom stereocenters. The van der Waals surface area contributed by atoms with E-state index in [4.69, 9.17) is 10.5 Å². The highest BCUT2D eigenvalue weighted by atomic mass is 16.5. The maximum atomic E-state index is 12.0. The number of hydrogen-bond acceptors (Lipinski definition) is 3. The van der Waals surface area contributed by atoms with E-state index >= 15 is 0 Å². The van der Waals surface area contributed by atoms with Crippen molar-refractivity contribution in [1.29, 1.82) is 0 Å². The fraction of sp³-hybridized carbons (Fsp3) is 0.125. The molecule has 4 nitrogen and oxygen atoms in total. The summed E-state index contributed by atoms with van der Waals surface area (Å²) in [5.41, 5.74) is 7.11. The van der Waals surface area contributed by atoms with E-state index < -0.39 is 5.91 Å². The van der Waals surface area contributed by atoms with E-state index in [1.165, 1.54) is 0 Å². The minimum absolute atomic E-state index is 0.131. The average Bonchev–Trinajstić information content (AvgIpc) is 2.45. The molecule has 0 saturated heterocycles. The molecule has 0 fully saturated rings. The van der Waals surface area contributed by atoms with Crippen molar-refractivity contribution in [3.63, 3.8) is 0 Å². The third kappa shape index (κ3) is 3.23. The van der Waals surface area contributed by atoms with Crippen LogP contribution in [0, 0.1) is 6.92 Å². The predicted octanol–water partition coefficient (Wildman–Crippen LogP) is 2.36. The van der Waals surface area contributed by atoms with Gasteiger partial charge in [-0.2, -0.15) is 0 Å². The first-order chi connectivity index (χ1) is 9.58. The molecule has 0 aliphatic heterocycles. The fourth-order valence-corrected chi connectivity index (χ4v) is 1.84. The normalized spacial score (nSPS) is 10.1. The summed E-state index contributed by atoms with van der Waals surface area (Å²) in [5.74, 6) is -0.405. The van der Waals surface area contributed by atoms with Gasteiger partial charge in [0.1, 0.15) is 5.75 Å². The van der Waals surface area contributed by atoms with E-state index in [0.717, 1.165) is 5.56 Å². The Morgan fingerprint density at radius 1 is 1.10 bits per heavy atom. The molecule has 0 spiro atoms. The van der Waals surface area contributed by atoms with Crippen molar-refractivity contribution in [2.24, 2.45) is 5.73 Å². The van der Waals surface area contributed by atoms with Crippen LogP contribution in [0.15, 0.2) is 48.5 Å². The Balaban J connectivity index is 2.09. The smallest absolute Gasteiger partial charge is 0.252 e. The molecule has 2 aromatic rings. The molecule has 2 N–H and O–H groups in total. The molecule has 20 heavy (non-hydrogen) atoms. The Morgan fingerprint density at radius 3 is 2.55 bits per heavy atom. The molecular weight excluding hydrogens is 254 g/mol. The Hall–Kier alpha value is -2.62. The Kier molecular flexibility index (Phi) is 4.15. The van der Waals surface area contributed by atoms with Gasteiger partial charge >= 0.3 is 0 Å². The van der Waals surface area contributed by atoms with Crippen molar-refractivity contribution in [2.75, 3.05) is 6.61 Å². The minimum Gasteiger partial charge on any atom is -0.485 e. The zero-order chi connectivity index (χ0) is 14.5. The SMILES string of the molecule is Cc1cccc(C(=O)COc2ccccc2C(N)=O)c1.